The second-order valence-electron chi connectivity index (χ2n) is 3.77. The lowest BCUT2D eigenvalue weighted by Gasteiger charge is -2.03. The van der Waals surface area contributed by atoms with Gasteiger partial charge >= 0.3 is 0 Å². The normalized spacial score (nSPS) is 11.4. The third-order valence-electron chi connectivity index (χ3n) is 2.13. The van der Waals surface area contributed by atoms with Crippen LogP contribution in [0.3, 0.4) is 0 Å². The van der Waals surface area contributed by atoms with Crippen LogP contribution in [-0.4, -0.2) is 11.2 Å². The molecule has 0 saturated heterocycles. The van der Waals surface area contributed by atoms with Crippen LogP contribution in [0.2, 0.25) is 0 Å². The Labute approximate surface area is 88.3 Å². The molecule has 0 bridgehead atoms. The molecular formula is C12H14O3. The van der Waals surface area contributed by atoms with Crippen LogP contribution >= 0.6 is 0 Å². The Morgan fingerprint density at radius 3 is 2.87 bits per heavy atom. The quantitative estimate of drug-likeness (QED) is 0.839. The molecule has 0 aliphatic rings. The van der Waals surface area contributed by atoms with E-state index in [1.165, 1.54) is 0 Å². The number of benzene rings is 1. The van der Waals surface area contributed by atoms with Crippen molar-refractivity contribution in [2.45, 2.75) is 26.6 Å². The van der Waals surface area contributed by atoms with E-state index in [9.17, 15) is 5.11 Å². The first kappa shape index (κ1) is 10.1. The van der Waals surface area contributed by atoms with Crippen molar-refractivity contribution in [3.05, 3.63) is 30.0 Å². The van der Waals surface area contributed by atoms with E-state index in [1.54, 1.807) is 12.1 Å². The lowest BCUT2D eigenvalue weighted by Crippen LogP contribution is -2.01. The Morgan fingerprint density at radius 2 is 2.20 bits per heavy atom. The van der Waals surface area contributed by atoms with Crippen LogP contribution in [0.1, 0.15) is 19.6 Å². The van der Waals surface area contributed by atoms with E-state index in [0.717, 1.165) is 11.1 Å². The lowest BCUT2D eigenvalue weighted by atomic mass is 10.2. The van der Waals surface area contributed by atoms with E-state index in [2.05, 4.69) is 0 Å². The summed E-state index contributed by atoms with van der Waals surface area (Å²) in [5, 5.41) is 10.4. The molecule has 1 N–H and O–H groups in total. The van der Waals surface area contributed by atoms with Gasteiger partial charge in [-0.1, -0.05) is 12.1 Å². The Hall–Kier alpha value is -1.48. The maximum atomic E-state index is 9.53. The Kier molecular flexibility index (Phi) is 2.64. The fraction of sp³-hybridized carbons (Fsp3) is 0.333. The molecule has 1 aromatic heterocycles. The minimum Gasteiger partial charge on any atom is -0.504 e. The van der Waals surface area contributed by atoms with Gasteiger partial charge in [-0.3, -0.25) is 0 Å². The van der Waals surface area contributed by atoms with Crippen molar-refractivity contribution in [3.63, 3.8) is 0 Å². The number of hydrogen-bond acceptors (Lipinski definition) is 3. The number of para-hydroxylation sites is 1. The van der Waals surface area contributed by atoms with Crippen LogP contribution in [0.15, 0.2) is 28.7 Å². The van der Waals surface area contributed by atoms with Crippen LogP contribution in [-0.2, 0) is 11.3 Å². The molecule has 2 rings (SSSR count). The highest BCUT2D eigenvalue weighted by Crippen LogP contribution is 2.27. The number of hydrogen-bond donors (Lipinski definition) is 1. The van der Waals surface area contributed by atoms with Crippen molar-refractivity contribution >= 4 is 11.0 Å². The summed E-state index contributed by atoms with van der Waals surface area (Å²) in [6.07, 6.45) is 0.173. The Balaban J connectivity index is 2.27. The highest BCUT2D eigenvalue weighted by molar-refractivity contribution is 5.83. The second-order valence-corrected chi connectivity index (χ2v) is 3.77. The molecule has 1 heterocycles. The summed E-state index contributed by atoms with van der Waals surface area (Å²) in [5.74, 6) is 0.906. The average Bonchev–Trinajstić information content (AvgIpc) is 2.59. The van der Waals surface area contributed by atoms with Gasteiger partial charge in [-0.25, -0.2) is 0 Å². The first-order chi connectivity index (χ1) is 7.16. The molecule has 0 radical (unpaired) electrons. The van der Waals surface area contributed by atoms with E-state index in [1.807, 2.05) is 26.0 Å². The van der Waals surface area contributed by atoms with Gasteiger partial charge in [-0.05, 0) is 26.0 Å². The van der Waals surface area contributed by atoms with Gasteiger partial charge in [0.15, 0.2) is 11.3 Å². The van der Waals surface area contributed by atoms with Crippen molar-refractivity contribution in [1.29, 1.82) is 0 Å². The van der Waals surface area contributed by atoms with Gasteiger partial charge < -0.3 is 14.3 Å². The second kappa shape index (κ2) is 3.95. The van der Waals surface area contributed by atoms with Gasteiger partial charge in [0, 0.05) is 5.39 Å². The molecule has 0 atom stereocenters. The molecule has 3 heteroatoms. The molecule has 0 aliphatic heterocycles. The number of phenols is 1. The molecule has 0 spiro atoms. The molecule has 0 unspecified atom stereocenters. The Morgan fingerprint density at radius 1 is 1.40 bits per heavy atom. The SMILES string of the molecule is CC(C)OCc1cc2cccc(O)c2o1. The first-order valence-electron chi connectivity index (χ1n) is 4.99. The minimum absolute atomic E-state index is 0.170. The molecule has 0 amide bonds. The summed E-state index contributed by atoms with van der Waals surface area (Å²) in [4.78, 5) is 0. The van der Waals surface area contributed by atoms with Gasteiger partial charge in [0.05, 0.1) is 6.10 Å². The predicted molar refractivity (Wildman–Crippen MR) is 57.8 cm³/mol. The van der Waals surface area contributed by atoms with E-state index in [4.69, 9.17) is 9.15 Å². The molecule has 3 nitrogen and oxygen atoms in total. The number of phenolic OH excluding ortho intramolecular Hbond substituents is 1. The first-order valence-corrected chi connectivity index (χ1v) is 4.99. The zero-order chi connectivity index (χ0) is 10.8. The molecule has 0 aliphatic carbocycles. The summed E-state index contributed by atoms with van der Waals surface area (Å²) in [5.41, 5.74) is 0.528. The largest absolute Gasteiger partial charge is 0.504 e. The summed E-state index contributed by atoms with van der Waals surface area (Å²) in [6.45, 7) is 4.38. The van der Waals surface area contributed by atoms with Crippen molar-refractivity contribution in [2.24, 2.45) is 0 Å². The standard InChI is InChI=1S/C12H14O3/c1-8(2)14-7-10-6-9-4-3-5-11(13)12(9)15-10/h3-6,8,13H,7H2,1-2H3. The van der Waals surface area contributed by atoms with Crippen molar-refractivity contribution < 1.29 is 14.3 Å². The van der Waals surface area contributed by atoms with Gasteiger partial charge in [0.1, 0.15) is 12.4 Å². The van der Waals surface area contributed by atoms with Crippen LogP contribution < -0.4 is 0 Å². The number of ether oxygens (including phenoxy) is 1. The van der Waals surface area contributed by atoms with Gasteiger partial charge in [-0.15, -0.1) is 0 Å². The molecule has 1 aromatic carbocycles. The maximum Gasteiger partial charge on any atom is 0.175 e. The monoisotopic (exact) mass is 206 g/mol. The van der Waals surface area contributed by atoms with E-state index in [-0.39, 0.29) is 11.9 Å². The molecule has 0 saturated carbocycles. The smallest absolute Gasteiger partial charge is 0.175 e. The third kappa shape index (κ3) is 2.13. The highest BCUT2D eigenvalue weighted by Gasteiger charge is 2.07. The van der Waals surface area contributed by atoms with Gasteiger partial charge in [0.25, 0.3) is 0 Å². The van der Waals surface area contributed by atoms with Crippen molar-refractivity contribution in [2.75, 3.05) is 0 Å². The van der Waals surface area contributed by atoms with Gasteiger partial charge in [-0.2, -0.15) is 0 Å². The third-order valence-corrected chi connectivity index (χ3v) is 2.13. The molecular weight excluding hydrogens is 192 g/mol. The van der Waals surface area contributed by atoms with E-state index < -0.39 is 0 Å². The number of aromatic hydroxyl groups is 1. The summed E-state index contributed by atoms with van der Waals surface area (Å²) in [6, 6.07) is 7.19. The topological polar surface area (TPSA) is 42.6 Å². The van der Waals surface area contributed by atoms with Gasteiger partial charge in [0.2, 0.25) is 0 Å². The molecule has 2 aromatic rings. The van der Waals surface area contributed by atoms with E-state index in [0.29, 0.717) is 12.2 Å². The van der Waals surface area contributed by atoms with Crippen LogP contribution in [0.25, 0.3) is 11.0 Å². The fourth-order valence-electron chi connectivity index (χ4n) is 1.42. The lowest BCUT2D eigenvalue weighted by molar-refractivity contribution is 0.0553. The van der Waals surface area contributed by atoms with E-state index >= 15 is 0 Å². The fourth-order valence-corrected chi connectivity index (χ4v) is 1.42. The highest BCUT2D eigenvalue weighted by atomic mass is 16.5. The molecule has 15 heavy (non-hydrogen) atoms. The van der Waals surface area contributed by atoms with Crippen molar-refractivity contribution in [1.82, 2.24) is 0 Å². The zero-order valence-corrected chi connectivity index (χ0v) is 8.86. The maximum absolute atomic E-state index is 9.53. The number of furan rings is 1. The summed E-state index contributed by atoms with van der Waals surface area (Å²) < 4.78 is 10.9. The minimum atomic E-state index is 0.170. The average molecular weight is 206 g/mol. The van der Waals surface area contributed by atoms with Crippen LogP contribution in [0.5, 0.6) is 5.75 Å². The predicted octanol–water partition coefficient (Wildman–Crippen LogP) is 3.06. The van der Waals surface area contributed by atoms with Crippen LogP contribution in [0, 0.1) is 0 Å². The summed E-state index contributed by atoms with van der Waals surface area (Å²) >= 11 is 0. The number of fused-ring (bicyclic) bond motifs is 1. The molecule has 0 fully saturated rings. The van der Waals surface area contributed by atoms with Crippen LogP contribution in [0.4, 0.5) is 0 Å². The zero-order valence-electron chi connectivity index (χ0n) is 8.86. The number of rotatable bonds is 3. The molecule has 80 valence electrons. The van der Waals surface area contributed by atoms with Crippen molar-refractivity contribution in [3.8, 4) is 5.75 Å². The summed E-state index contributed by atoms with van der Waals surface area (Å²) in [7, 11) is 0. The Bertz CT molecular complexity index is 457.